The fourth-order valence-electron chi connectivity index (χ4n) is 2.55. The number of piperazine rings is 1. The van der Waals surface area contributed by atoms with Crippen LogP contribution in [0.3, 0.4) is 0 Å². The van der Waals surface area contributed by atoms with Gasteiger partial charge in [-0.3, -0.25) is 9.69 Å². The van der Waals surface area contributed by atoms with Gasteiger partial charge in [0, 0.05) is 44.5 Å². The molecule has 1 saturated heterocycles. The van der Waals surface area contributed by atoms with E-state index in [0.29, 0.717) is 25.2 Å². The third-order valence-corrected chi connectivity index (χ3v) is 3.74. The zero-order chi connectivity index (χ0) is 13.9. The molecule has 0 aliphatic carbocycles. The standard InChI is InChI=1S/C14H18N4O2/c19-8-7-16-3-5-17(6-4-16)14(20)12-1-2-18-11-15-10-13(18)9-12/h1-2,9-11,19H,3-8H2. The molecule has 20 heavy (non-hydrogen) atoms. The van der Waals surface area contributed by atoms with E-state index in [1.807, 2.05) is 27.6 Å². The largest absolute Gasteiger partial charge is 0.395 e. The van der Waals surface area contributed by atoms with Gasteiger partial charge in [0.2, 0.25) is 0 Å². The Morgan fingerprint density at radius 2 is 2.10 bits per heavy atom. The first kappa shape index (κ1) is 13.1. The second-order valence-electron chi connectivity index (χ2n) is 5.00. The molecular weight excluding hydrogens is 256 g/mol. The van der Waals surface area contributed by atoms with Gasteiger partial charge in [-0.05, 0) is 12.1 Å². The van der Waals surface area contributed by atoms with E-state index in [1.54, 1.807) is 12.5 Å². The second-order valence-corrected chi connectivity index (χ2v) is 5.00. The number of rotatable bonds is 3. The lowest BCUT2D eigenvalue weighted by Gasteiger charge is -2.34. The molecule has 1 amide bonds. The number of amides is 1. The van der Waals surface area contributed by atoms with Crippen molar-refractivity contribution in [1.82, 2.24) is 19.2 Å². The molecule has 0 aromatic carbocycles. The minimum Gasteiger partial charge on any atom is -0.395 e. The van der Waals surface area contributed by atoms with E-state index in [2.05, 4.69) is 9.88 Å². The van der Waals surface area contributed by atoms with Gasteiger partial charge in [0.05, 0.1) is 24.6 Å². The Morgan fingerprint density at radius 3 is 2.85 bits per heavy atom. The number of aromatic nitrogens is 2. The van der Waals surface area contributed by atoms with Gasteiger partial charge >= 0.3 is 0 Å². The number of carbonyl (C=O) groups excluding carboxylic acids is 1. The molecule has 2 aromatic rings. The number of pyridine rings is 1. The normalized spacial score (nSPS) is 16.8. The fraction of sp³-hybridized carbons (Fsp3) is 0.429. The van der Waals surface area contributed by atoms with Crippen molar-refractivity contribution in [2.75, 3.05) is 39.3 Å². The Kier molecular flexibility index (Phi) is 3.66. The molecule has 0 atom stereocenters. The van der Waals surface area contributed by atoms with Crippen molar-refractivity contribution in [2.24, 2.45) is 0 Å². The predicted molar refractivity (Wildman–Crippen MR) is 74.6 cm³/mol. The van der Waals surface area contributed by atoms with Gasteiger partial charge in [0.1, 0.15) is 0 Å². The van der Waals surface area contributed by atoms with Crippen LogP contribution >= 0.6 is 0 Å². The fourth-order valence-corrected chi connectivity index (χ4v) is 2.55. The minimum absolute atomic E-state index is 0.0670. The number of imidazole rings is 1. The van der Waals surface area contributed by atoms with Crippen LogP contribution in [0.2, 0.25) is 0 Å². The second kappa shape index (κ2) is 5.60. The van der Waals surface area contributed by atoms with Gasteiger partial charge in [-0.25, -0.2) is 4.98 Å². The summed E-state index contributed by atoms with van der Waals surface area (Å²) in [6.07, 6.45) is 5.32. The first-order valence-corrected chi connectivity index (χ1v) is 6.82. The third-order valence-electron chi connectivity index (χ3n) is 3.74. The summed E-state index contributed by atoms with van der Waals surface area (Å²) in [6.45, 7) is 3.92. The minimum atomic E-state index is 0.0670. The Bertz CT molecular complexity index is 602. The number of aliphatic hydroxyl groups is 1. The van der Waals surface area contributed by atoms with Crippen LogP contribution in [0.25, 0.3) is 5.52 Å². The van der Waals surface area contributed by atoms with E-state index in [1.165, 1.54) is 0 Å². The molecule has 106 valence electrons. The molecule has 0 spiro atoms. The van der Waals surface area contributed by atoms with Crippen LogP contribution in [0.1, 0.15) is 10.4 Å². The molecule has 2 aromatic heterocycles. The van der Waals surface area contributed by atoms with Crippen molar-refractivity contribution in [2.45, 2.75) is 0 Å². The summed E-state index contributed by atoms with van der Waals surface area (Å²) in [5, 5.41) is 8.92. The van der Waals surface area contributed by atoms with Crippen LogP contribution < -0.4 is 0 Å². The summed E-state index contributed by atoms with van der Waals surface area (Å²) in [5.41, 5.74) is 1.63. The van der Waals surface area contributed by atoms with Gasteiger partial charge in [-0.15, -0.1) is 0 Å². The Hall–Kier alpha value is -1.92. The van der Waals surface area contributed by atoms with Gasteiger partial charge in [-0.2, -0.15) is 0 Å². The van der Waals surface area contributed by atoms with Crippen LogP contribution in [0, 0.1) is 0 Å². The average Bonchev–Trinajstić information content (AvgIpc) is 2.95. The maximum Gasteiger partial charge on any atom is 0.254 e. The van der Waals surface area contributed by atoms with E-state index in [-0.39, 0.29) is 12.5 Å². The highest BCUT2D eigenvalue weighted by Gasteiger charge is 2.21. The van der Waals surface area contributed by atoms with Crippen LogP contribution in [0.5, 0.6) is 0 Å². The highest BCUT2D eigenvalue weighted by atomic mass is 16.3. The number of hydrogen-bond acceptors (Lipinski definition) is 4. The van der Waals surface area contributed by atoms with Crippen LogP contribution in [0.4, 0.5) is 0 Å². The predicted octanol–water partition coefficient (Wildman–Crippen LogP) is 0.0844. The van der Waals surface area contributed by atoms with Crippen LogP contribution in [0.15, 0.2) is 30.9 Å². The van der Waals surface area contributed by atoms with Crippen molar-refractivity contribution >= 4 is 11.4 Å². The lowest BCUT2D eigenvalue weighted by molar-refractivity contribution is 0.0615. The highest BCUT2D eigenvalue weighted by Crippen LogP contribution is 2.11. The molecule has 1 aliphatic heterocycles. The average molecular weight is 274 g/mol. The van der Waals surface area contributed by atoms with E-state index in [9.17, 15) is 4.79 Å². The van der Waals surface area contributed by atoms with Crippen molar-refractivity contribution in [3.63, 3.8) is 0 Å². The van der Waals surface area contributed by atoms with Gasteiger partial charge in [0.15, 0.2) is 0 Å². The van der Waals surface area contributed by atoms with Gasteiger partial charge in [-0.1, -0.05) is 0 Å². The molecule has 0 radical (unpaired) electrons. The van der Waals surface area contributed by atoms with Gasteiger partial charge < -0.3 is 14.4 Å². The maximum atomic E-state index is 12.5. The first-order valence-electron chi connectivity index (χ1n) is 6.82. The maximum absolute atomic E-state index is 12.5. The van der Waals surface area contributed by atoms with E-state index in [0.717, 1.165) is 18.6 Å². The number of carbonyl (C=O) groups is 1. The number of nitrogens with zero attached hydrogens (tertiary/aromatic N) is 4. The summed E-state index contributed by atoms with van der Waals surface area (Å²) in [4.78, 5) is 20.6. The number of hydrogen-bond donors (Lipinski definition) is 1. The summed E-state index contributed by atoms with van der Waals surface area (Å²) >= 11 is 0. The van der Waals surface area contributed by atoms with E-state index in [4.69, 9.17) is 5.11 Å². The number of aliphatic hydroxyl groups excluding tert-OH is 1. The zero-order valence-corrected chi connectivity index (χ0v) is 11.3. The van der Waals surface area contributed by atoms with Crippen molar-refractivity contribution in [3.05, 3.63) is 36.4 Å². The molecular formula is C14H18N4O2. The quantitative estimate of drug-likeness (QED) is 0.861. The first-order chi connectivity index (χ1) is 9.78. The molecule has 6 nitrogen and oxygen atoms in total. The summed E-state index contributed by atoms with van der Waals surface area (Å²) in [6, 6.07) is 3.70. The smallest absolute Gasteiger partial charge is 0.254 e. The Morgan fingerprint density at radius 1 is 1.30 bits per heavy atom. The van der Waals surface area contributed by atoms with Crippen LogP contribution in [-0.4, -0.2) is 69.5 Å². The molecule has 3 rings (SSSR count). The number of fused-ring (bicyclic) bond motifs is 1. The number of β-amino-alcohol motifs (C(OH)–C–C–N with tert-alkyl or cyclic N) is 1. The summed E-state index contributed by atoms with van der Waals surface area (Å²) in [5.74, 6) is 0.0670. The lowest BCUT2D eigenvalue weighted by Crippen LogP contribution is -2.49. The molecule has 0 unspecified atom stereocenters. The SMILES string of the molecule is O=C(c1ccn2cncc2c1)N1CCN(CCO)CC1. The highest BCUT2D eigenvalue weighted by molar-refractivity contribution is 5.95. The molecule has 1 fully saturated rings. The molecule has 3 heterocycles. The van der Waals surface area contributed by atoms with E-state index >= 15 is 0 Å². The van der Waals surface area contributed by atoms with Crippen molar-refractivity contribution in [3.8, 4) is 0 Å². The monoisotopic (exact) mass is 274 g/mol. The van der Waals surface area contributed by atoms with Crippen LogP contribution in [-0.2, 0) is 0 Å². The Labute approximate surface area is 117 Å². The van der Waals surface area contributed by atoms with E-state index < -0.39 is 0 Å². The zero-order valence-electron chi connectivity index (χ0n) is 11.3. The lowest BCUT2D eigenvalue weighted by atomic mass is 10.2. The topological polar surface area (TPSA) is 61.1 Å². The summed E-state index contributed by atoms with van der Waals surface area (Å²) < 4.78 is 1.88. The third kappa shape index (κ3) is 2.52. The van der Waals surface area contributed by atoms with Crippen molar-refractivity contribution < 1.29 is 9.90 Å². The molecule has 1 aliphatic rings. The molecule has 0 bridgehead atoms. The van der Waals surface area contributed by atoms with Gasteiger partial charge in [0.25, 0.3) is 5.91 Å². The molecule has 6 heteroatoms. The molecule has 0 saturated carbocycles. The summed E-state index contributed by atoms with van der Waals surface area (Å²) in [7, 11) is 0. The molecule has 1 N–H and O–H groups in total. The van der Waals surface area contributed by atoms with Crippen molar-refractivity contribution in [1.29, 1.82) is 0 Å². The Balaban J connectivity index is 1.69.